The van der Waals surface area contributed by atoms with Crippen molar-refractivity contribution in [3.63, 3.8) is 0 Å². The van der Waals surface area contributed by atoms with Gasteiger partial charge in [0.25, 0.3) is 0 Å². The molecule has 2 heterocycles. The number of hydrogen-bond acceptors (Lipinski definition) is 3. The van der Waals surface area contributed by atoms with Crippen molar-refractivity contribution >= 4 is 17.3 Å². The highest BCUT2D eigenvalue weighted by atomic mass is 35.5. The lowest BCUT2D eigenvalue weighted by molar-refractivity contribution is 0.260. The zero-order valence-electron chi connectivity index (χ0n) is 12.2. The number of hydrogen-bond donors (Lipinski definition) is 1. The van der Waals surface area contributed by atoms with E-state index in [1.165, 1.54) is 32.4 Å². The molecular formula is C16H24ClN3. The predicted octanol–water partition coefficient (Wildman–Crippen LogP) is 3.03. The molecule has 2 saturated heterocycles. The van der Waals surface area contributed by atoms with Crippen molar-refractivity contribution in [3.8, 4) is 0 Å². The van der Waals surface area contributed by atoms with Gasteiger partial charge in [0.15, 0.2) is 0 Å². The normalized spacial score (nSPS) is 25.4. The van der Waals surface area contributed by atoms with Gasteiger partial charge in [-0.2, -0.15) is 0 Å². The number of nitrogens with zero attached hydrogens (tertiary/aromatic N) is 2. The molecule has 1 aromatic rings. The van der Waals surface area contributed by atoms with Crippen LogP contribution in [0, 0.1) is 0 Å². The van der Waals surface area contributed by atoms with E-state index >= 15 is 0 Å². The molecule has 1 aromatic carbocycles. The molecule has 3 nitrogen and oxygen atoms in total. The van der Waals surface area contributed by atoms with Gasteiger partial charge in [-0.25, -0.2) is 0 Å². The van der Waals surface area contributed by atoms with Crippen molar-refractivity contribution in [2.24, 2.45) is 5.73 Å². The van der Waals surface area contributed by atoms with E-state index in [1.54, 1.807) is 0 Å². The summed E-state index contributed by atoms with van der Waals surface area (Å²) in [5.41, 5.74) is 8.18. The smallest absolute Gasteiger partial charge is 0.0642 e. The topological polar surface area (TPSA) is 32.5 Å². The molecule has 2 fully saturated rings. The summed E-state index contributed by atoms with van der Waals surface area (Å²) in [5.74, 6) is 0. The van der Waals surface area contributed by atoms with Gasteiger partial charge in [-0.3, -0.25) is 4.90 Å². The first-order valence-electron chi connectivity index (χ1n) is 7.69. The van der Waals surface area contributed by atoms with E-state index in [1.807, 2.05) is 13.0 Å². The van der Waals surface area contributed by atoms with Crippen molar-refractivity contribution in [3.05, 3.63) is 28.8 Å². The molecule has 2 aliphatic rings. The number of anilines is 1. The minimum Gasteiger partial charge on any atom is -0.369 e. The van der Waals surface area contributed by atoms with Crippen LogP contribution >= 0.6 is 11.6 Å². The molecule has 0 amide bonds. The lowest BCUT2D eigenvalue weighted by Crippen LogP contribution is -2.35. The van der Waals surface area contributed by atoms with E-state index in [-0.39, 0.29) is 6.04 Å². The average Bonchev–Trinajstić information content (AvgIpc) is 3.09. The fraction of sp³-hybridized carbons (Fsp3) is 0.625. The van der Waals surface area contributed by atoms with Crippen molar-refractivity contribution < 1.29 is 0 Å². The monoisotopic (exact) mass is 293 g/mol. The Bertz CT molecular complexity index is 469. The third-order valence-corrected chi connectivity index (χ3v) is 4.96. The van der Waals surface area contributed by atoms with Gasteiger partial charge in [0.05, 0.1) is 10.7 Å². The number of likely N-dealkylation sites (tertiary alicyclic amines) is 1. The van der Waals surface area contributed by atoms with Crippen molar-refractivity contribution in [2.75, 3.05) is 31.1 Å². The van der Waals surface area contributed by atoms with Gasteiger partial charge < -0.3 is 10.6 Å². The summed E-state index contributed by atoms with van der Waals surface area (Å²) in [7, 11) is 0. The largest absolute Gasteiger partial charge is 0.369 e. The molecule has 0 saturated carbocycles. The zero-order chi connectivity index (χ0) is 14.1. The third-order valence-electron chi connectivity index (χ3n) is 4.66. The van der Waals surface area contributed by atoms with Gasteiger partial charge in [0.1, 0.15) is 0 Å². The van der Waals surface area contributed by atoms with E-state index in [9.17, 15) is 0 Å². The summed E-state index contributed by atoms with van der Waals surface area (Å²) in [4.78, 5) is 5.07. The van der Waals surface area contributed by atoms with Crippen LogP contribution in [0.2, 0.25) is 5.02 Å². The van der Waals surface area contributed by atoms with Crippen LogP contribution in [0.15, 0.2) is 18.2 Å². The van der Waals surface area contributed by atoms with Crippen LogP contribution in [-0.2, 0) is 0 Å². The molecule has 20 heavy (non-hydrogen) atoms. The summed E-state index contributed by atoms with van der Waals surface area (Å²) in [5, 5.41) is 0.835. The van der Waals surface area contributed by atoms with E-state index in [4.69, 9.17) is 17.3 Å². The minimum atomic E-state index is 0.0393. The van der Waals surface area contributed by atoms with Gasteiger partial charge in [-0.15, -0.1) is 0 Å². The highest BCUT2D eigenvalue weighted by molar-refractivity contribution is 6.33. The fourth-order valence-corrected chi connectivity index (χ4v) is 3.74. The number of rotatable bonds is 3. The van der Waals surface area contributed by atoms with Crippen LogP contribution in [-0.4, -0.2) is 37.1 Å². The quantitative estimate of drug-likeness (QED) is 0.930. The molecule has 0 bridgehead atoms. The maximum atomic E-state index is 6.45. The Labute approximate surface area is 126 Å². The second-order valence-corrected chi connectivity index (χ2v) is 6.54. The first-order chi connectivity index (χ1) is 9.65. The predicted molar refractivity (Wildman–Crippen MR) is 85.5 cm³/mol. The van der Waals surface area contributed by atoms with E-state index < -0.39 is 0 Å². The Kier molecular flexibility index (Phi) is 4.20. The zero-order valence-corrected chi connectivity index (χ0v) is 12.9. The summed E-state index contributed by atoms with van der Waals surface area (Å²) >= 11 is 6.45. The van der Waals surface area contributed by atoms with Crippen LogP contribution in [0.1, 0.15) is 37.8 Å². The van der Waals surface area contributed by atoms with Crippen molar-refractivity contribution in [1.82, 2.24) is 4.90 Å². The van der Waals surface area contributed by atoms with E-state index in [0.29, 0.717) is 6.04 Å². The standard InChI is InChI=1S/C16H24ClN3/c1-12(18)13-4-5-16(15(17)10-13)20-9-6-14(11-20)19-7-2-3-8-19/h4-5,10,12,14H,2-3,6-9,11,18H2,1H3/t12-,14?/m1/s1. The molecule has 2 aliphatic heterocycles. The van der Waals surface area contributed by atoms with Crippen LogP contribution in [0.4, 0.5) is 5.69 Å². The Morgan fingerprint density at radius 1 is 1.25 bits per heavy atom. The molecule has 2 atom stereocenters. The Morgan fingerprint density at radius 2 is 2.00 bits per heavy atom. The Hall–Kier alpha value is -0.770. The van der Waals surface area contributed by atoms with Gasteiger partial charge in [-0.05, 0) is 57.0 Å². The number of halogens is 1. The van der Waals surface area contributed by atoms with Crippen LogP contribution in [0.25, 0.3) is 0 Å². The van der Waals surface area contributed by atoms with Gasteiger partial charge in [-0.1, -0.05) is 17.7 Å². The molecule has 0 radical (unpaired) electrons. The molecule has 110 valence electrons. The van der Waals surface area contributed by atoms with Gasteiger partial charge in [0, 0.05) is 25.2 Å². The summed E-state index contributed by atoms with van der Waals surface area (Å²) in [6.07, 6.45) is 3.98. The third kappa shape index (κ3) is 2.80. The van der Waals surface area contributed by atoms with E-state index in [0.717, 1.165) is 29.4 Å². The maximum absolute atomic E-state index is 6.45. The van der Waals surface area contributed by atoms with E-state index in [2.05, 4.69) is 21.9 Å². The van der Waals surface area contributed by atoms with Crippen molar-refractivity contribution in [1.29, 1.82) is 0 Å². The maximum Gasteiger partial charge on any atom is 0.0642 e. The van der Waals surface area contributed by atoms with Gasteiger partial charge in [0.2, 0.25) is 0 Å². The summed E-state index contributed by atoms with van der Waals surface area (Å²) < 4.78 is 0. The second kappa shape index (κ2) is 5.92. The number of benzene rings is 1. The van der Waals surface area contributed by atoms with Crippen molar-refractivity contribution in [2.45, 2.75) is 38.3 Å². The SMILES string of the molecule is C[C@@H](N)c1ccc(N2CCC(N3CCCC3)C2)c(Cl)c1. The highest BCUT2D eigenvalue weighted by Gasteiger charge is 2.30. The molecule has 1 unspecified atom stereocenters. The first kappa shape index (κ1) is 14.2. The lowest BCUT2D eigenvalue weighted by Gasteiger charge is -2.25. The molecule has 3 rings (SSSR count). The van der Waals surface area contributed by atoms with Gasteiger partial charge >= 0.3 is 0 Å². The summed E-state index contributed by atoms with van der Waals surface area (Å²) in [6.45, 7) is 6.76. The van der Waals surface area contributed by atoms with Crippen LogP contribution in [0.3, 0.4) is 0 Å². The highest BCUT2D eigenvalue weighted by Crippen LogP contribution is 2.32. The Balaban J connectivity index is 1.71. The molecular weight excluding hydrogens is 270 g/mol. The minimum absolute atomic E-state index is 0.0393. The van der Waals surface area contributed by atoms with Crippen LogP contribution in [0.5, 0.6) is 0 Å². The second-order valence-electron chi connectivity index (χ2n) is 6.13. The van der Waals surface area contributed by atoms with Crippen LogP contribution < -0.4 is 10.6 Å². The average molecular weight is 294 g/mol. The number of nitrogens with two attached hydrogens (primary N) is 1. The molecule has 2 N–H and O–H groups in total. The Morgan fingerprint density at radius 3 is 2.65 bits per heavy atom. The molecule has 0 aromatic heterocycles. The summed E-state index contributed by atoms with van der Waals surface area (Å²) in [6, 6.07) is 7.01. The first-order valence-corrected chi connectivity index (χ1v) is 8.07. The fourth-order valence-electron chi connectivity index (χ4n) is 3.43. The molecule has 0 spiro atoms. The molecule has 4 heteroatoms. The lowest BCUT2D eigenvalue weighted by atomic mass is 10.1. The molecule has 0 aliphatic carbocycles.